The summed E-state index contributed by atoms with van der Waals surface area (Å²) in [5.41, 5.74) is -0.0223. The number of hydrogen-bond acceptors (Lipinski definition) is 3. The molecule has 0 aromatic carbocycles. The first-order valence-electron chi connectivity index (χ1n) is 5.96. The predicted octanol–water partition coefficient (Wildman–Crippen LogP) is 1.45. The van der Waals surface area contributed by atoms with Crippen LogP contribution in [0.5, 0.6) is 0 Å². The second kappa shape index (κ2) is 6.53. The minimum Gasteiger partial charge on any atom is -0.477 e. The van der Waals surface area contributed by atoms with E-state index < -0.39 is 16.0 Å². The molecule has 0 atom stereocenters. The fourth-order valence-electron chi connectivity index (χ4n) is 1.61. The van der Waals surface area contributed by atoms with Crippen LogP contribution in [-0.4, -0.2) is 30.6 Å². The van der Waals surface area contributed by atoms with E-state index in [0.29, 0.717) is 13.0 Å². The Labute approximate surface area is 112 Å². The number of nitrogens with one attached hydrogen (secondary N) is 1. The molecule has 6 nitrogen and oxygen atoms in total. The van der Waals surface area contributed by atoms with Crippen LogP contribution in [0.3, 0.4) is 0 Å². The molecule has 0 saturated carbocycles. The Balaban J connectivity index is 3.03. The highest BCUT2D eigenvalue weighted by atomic mass is 32.2. The molecule has 1 rings (SSSR count). The van der Waals surface area contributed by atoms with Gasteiger partial charge in [-0.1, -0.05) is 13.0 Å². The van der Waals surface area contributed by atoms with Crippen molar-refractivity contribution in [1.82, 2.24) is 9.29 Å². The van der Waals surface area contributed by atoms with Crippen molar-refractivity contribution >= 4 is 16.0 Å². The van der Waals surface area contributed by atoms with E-state index in [-0.39, 0.29) is 17.1 Å². The van der Waals surface area contributed by atoms with E-state index in [1.165, 1.54) is 16.8 Å². The van der Waals surface area contributed by atoms with Gasteiger partial charge in [0.1, 0.15) is 10.6 Å². The summed E-state index contributed by atoms with van der Waals surface area (Å²) in [4.78, 5) is 11.0. The molecule has 0 aliphatic carbocycles. The summed E-state index contributed by atoms with van der Waals surface area (Å²) in [5.74, 6) is -1.14. The monoisotopic (exact) mass is 286 g/mol. The normalized spacial score (nSPS) is 11.4. The van der Waals surface area contributed by atoms with E-state index in [0.717, 1.165) is 6.42 Å². The van der Waals surface area contributed by atoms with Crippen LogP contribution >= 0.6 is 0 Å². The van der Waals surface area contributed by atoms with Crippen LogP contribution in [0.25, 0.3) is 0 Å². The van der Waals surface area contributed by atoms with Gasteiger partial charge in [-0.05, 0) is 18.9 Å². The topological polar surface area (TPSA) is 88.4 Å². The zero-order chi connectivity index (χ0) is 14.5. The van der Waals surface area contributed by atoms with E-state index in [1.807, 2.05) is 6.92 Å². The lowest BCUT2D eigenvalue weighted by atomic mass is 10.4. The van der Waals surface area contributed by atoms with Crippen molar-refractivity contribution in [2.24, 2.45) is 0 Å². The molecule has 0 radical (unpaired) electrons. The third kappa shape index (κ3) is 3.93. The molecule has 106 valence electrons. The quantitative estimate of drug-likeness (QED) is 0.559. The van der Waals surface area contributed by atoms with Crippen molar-refractivity contribution in [3.8, 4) is 0 Å². The van der Waals surface area contributed by atoms with Crippen LogP contribution in [0.2, 0.25) is 0 Å². The van der Waals surface area contributed by atoms with Gasteiger partial charge in [0, 0.05) is 19.3 Å². The van der Waals surface area contributed by atoms with E-state index in [4.69, 9.17) is 5.11 Å². The van der Waals surface area contributed by atoms with Crippen LogP contribution in [0.15, 0.2) is 29.8 Å². The number of sulfonamides is 1. The highest BCUT2D eigenvalue weighted by molar-refractivity contribution is 7.89. The van der Waals surface area contributed by atoms with E-state index in [2.05, 4.69) is 11.3 Å². The summed E-state index contributed by atoms with van der Waals surface area (Å²) in [6.45, 7) is 6.10. The van der Waals surface area contributed by atoms with Crippen molar-refractivity contribution < 1.29 is 18.3 Å². The van der Waals surface area contributed by atoms with Crippen LogP contribution in [0, 0.1) is 0 Å². The molecule has 0 spiro atoms. The van der Waals surface area contributed by atoms with Crippen molar-refractivity contribution in [2.45, 2.75) is 31.2 Å². The number of aromatic nitrogens is 1. The summed E-state index contributed by atoms with van der Waals surface area (Å²) in [7, 11) is -3.67. The Morgan fingerprint density at radius 1 is 1.58 bits per heavy atom. The number of aromatic carboxylic acids is 1. The highest BCUT2D eigenvalue weighted by Crippen LogP contribution is 2.15. The molecular formula is C12H18N2O4S. The smallest absolute Gasteiger partial charge is 0.352 e. The Hall–Kier alpha value is -1.60. The third-order valence-corrected chi connectivity index (χ3v) is 3.93. The number of carboxylic acid groups (broad SMARTS) is 1. The van der Waals surface area contributed by atoms with E-state index in [9.17, 15) is 13.2 Å². The fourth-order valence-corrected chi connectivity index (χ4v) is 2.70. The van der Waals surface area contributed by atoms with Gasteiger partial charge < -0.3 is 9.67 Å². The van der Waals surface area contributed by atoms with Crippen molar-refractivity contribution in [2.75, 3.05) is 6.54 Å². The minimum absolute atomic E-state index is 0.0223. The van der Waals surface area contributed by atoms with Gasteiger partial charge in [-0.25, -0.2) is 17.9 Å². The van der Waals surface area contributed by atoms with Crippen LogP contribution in [0.1, 0.15) is 30.3 Å². The van der Waals surface area contributed by atoms with Gasteiger partial charge in [0.15, 0.2) is 0 Å². The van der Waals surface area contributed by atoms with Crippen molar-refractivity contribution in [1.29, 1.82) is 0 Å². The summed E-state index contributed by atoms with van der Waals surface area (Å²) < 4.78 is 27.7. The molecule has 0 bridgehead atoms. The summed E-state index contributed by atoms with van der Waals surface area (Å²) in [5, 5.41) is 9.04. The first-order chi connectivity index (χ1) is 8.92. The number of aryl methyl sites for hydroxylation is 1. The molecule has 1 aromatic rings. The lowest BCUT2D eigenvalue weighted by Crippen LogP contribution is -2.24. The Bertz CT molecular complexity index is 560. The minimum atomic E-state index is -3.67. The molecule has 0 unspecified atom stereocenters. The maximum atomic E-state index is 11.9. The molecule has 1 heterocycles. The molecule has 0 aliphatic heterocycles. The number of rotatable bonds is 8. The Kier molecular flexibility index (Phi) is 5.31. The van der Waals surface area contributed by atoms with Gasteiger partial charge in [0.25, 0.3) is 0 Å². The second-order valence-corrected chi connectivity index (χ2v) is 5.80. The Morgan fingerprint density at radius 2 is 2.26 bits per heavy atom. The SMILES string of the molecule is C=CCCNS(=O)(=O)c1cc(C(=O)O)n(CCC)c1. The predicted molar refractivity (Wildman–Crippen MR) is 71.7 cm³/mol. The van der Waals surface area contributed by atoms with E-state index >= 15 is 0 Å². The van der Waals surface area contributed by atoms with Gasteiger partial charge >= 0.3 is 5.97 Å². The van der Waals surface area contributed by atoms with Crippen LogP contribution < -0.4 is 4.72 Å². The molecule has 0 fully saturated rings. The number of carboxylic acids is 1. The molecule has 0 amide bonds. The van der Waals surface area contributed by atoms with Gasteiger partial charge in [-0.15, -0.1) is 6.58 Å². The number of hydrogen-bond donors (Lipinski definition) is 2. The average molecular weight is 286 g/mol. The van der Waals surface area contributed by atoms with Crippen LogP contribution in [0.4, 0.5) is 0 Å². The third-order valence-electron chi connectivity index (χ3n) is 2.51. The second-order valence-electron chi connectivity index (χ2n) is 4.03. The van der Waals surface area contributed by atoms with E-state index in [1.54, 1.807) is 6.08 Å². The van der Waals surface area contributed by atoms with Gasteiger partial charge in [0.05, 0.1) is 0 Å². The van der Waals surface area contributed by atoms with Crippen molar-refractivity contribution in [3.05, 3.63) is 30.6 Å². The van der Waals surface area contributed by atoms with Gasteiger partial charge in [-0.3, -0.25) is 0 Å². The number of carbonyl (C=O) groups is 1. The lowest BCUT2D eigenvalue weighted by Gasteiger charge is -2.03. The molecular weight excluding hydrogens is 268 g/mol. The number of nitrogens with zero attached hydrogens (tertiary/aromatic N) is 1. The molecule has 7 heteroatoms. The molecule has 1 aromatic heterocycles. The summed E-state index contributed by atoms with van der Waals surface area (Å²) >= 11 is 0. The Morgan fingerprint density at radius 3 is 2.79 bits per heavy atom. The van der Waals surface area contributed by atoms with Crippen LogP contribution in [-0.2, 0) is 16.6 Å². The maximum absolute atomic E-state index is 11.9. The molecule has 19 heavy (non-hydrogen) atoms. The fraction of sp³-hybridized carbons (Fsp3) is 0.417. The van der Waals surface area contributed by atoms with Crippen molar-refractivity contribution in [3.63, 3.8) is 0 Å². The first kappa shape index (κ1) is 15.5. The molecule has 0 aliphatic rings. The highest BCUT2D eigenvalue weighted by Gasteiger charge is 2.20. The average Bonchev–Trinajstić information content (AvgIpc) is 2.74. The summed E-state index contributed by atoms with van der Waals surface area (Å²) in [6.07, 6.45) is 4.19. The zero-order valence-corrected chi connectivity index (χ0v) is 11.6. The largest absolute Gasteiger partial charge is 0.477 e. The van der Waals surface area contributed by atoms with Gasteiger partial charge in [0.2, 0.25) is 10.0 Å². The molecule has 0 saturated heterocycles. The standard InChI is InChI=1S/C12H18N2O4S/c1-3-5-6-13-19(17,18)10-8-11(12(15)16)14(9-10)7-4-2/h3,8-9,13H,1,4-7H2,2H3,(H,15,16). The maximum Gasteiger partial charge on any atom is 0.352 e. The zero-order valence-electron chi connectivity index (χ0n) is 10.8. The first-order valence-corrected chi connectivity index (χ1v) is 7.44. The van der Waals surface area contributed by atoms with Gasteiger partial charge in [-0.2, -0.15) is 0 Å². The molecule has 2 N–H and O–H groups in total. The lowest BCUT2D eigenvalue weighted by molar-refractivity contribution is 0.0685. The summed E-state index contributed by atoms with van der Waals surface area (Å²) in [6, 6.07) is 1.17.